The van der Waals surface area contributed by atoms with Gasteiger partial charge in [0, 0.05) is 14.0 Å². The van der Waals surface area contributed by atoms with Crippen LogP contribution in [0, 0.1) is 11.8 Å². The molecule has 1 aromatic carbocycles. The van der Waals surface area contributed by atoms with Gasteiger partial charge in [0.15, 0.2) is 11.9 Å². The molecule has 6 atom stereocenters. The number of likely N-dealkylation sites (tertiary alicyclic amines) is 1. The molecule has 2 fully saturated rings. The third-order valence-electron chi connectivity index (χ3n) is 10.9. The van der Waals surface area contributed by atoms with E-state index in [0.29, 0.717) is 6.92 Å². The average Bonchev–Trinajstić information content (AvgIpc) is 3.08. The first-order valence-electron chi connectivity index (χ1n) is 17.5. The number of amides is 3. The van der Waals surface area contributed by atoms with Crippen molar-refractivity contribution >= 4 is 29.8 Å². The van der Waals surface area contributed by atoms with Gasteiger partial charge in [0.25, 0.3) is 5.91 Å². The summed E-state index contributed by atoms with van der Waals surface area (Å²) in [4.78, 5) is 60.3. The van der Waals surface area contributed by atoms with Crippen molar-refractivity contribution < 1.29 is 136 Å². The van der Waals surface area contributed by atoms with Crippen molar-refractivity contribution in [3.63, 3.8) is 0 Å². The highest BCUT2D eigenvalue weighted by Gasteiger charge is 2.85. The number of carbonyl (C=O) groups excluding carboxylic acids is 5. The average molecular weight is 951 g/mol. The van der Waals surface area contributed by atoms with Crippen molar-refractivity contribution in [2.45, 2.75) is 112 Å². The maximum atomic E-state index is 14.5. The number of aliphatic hydroxyl groups is 13. The standard InChI is InChI=1S/C32H41F7N4O21/c1-8(2)12(19(49)16(46)11(33)7-44)21-25(53,54)22(43-31(61,62)29(57,58)42(10(4)45)30(59,60)32(43,63)64)24(5,52)28(55,56)41(21)23(51)40(6)9(3)13-17(47)14(26(34,35)36)20(50)15(18(13)48)27(37,38)39/h7-9,11-12,21-22,47-48,50,52-64H,1-6H3. The summed E-state index contributed by atoms with van der Waals surface area (Å²) >= 11 is 0. The summed E-state index contributed by atoms with van der Waals surface area (Å²) < 4.78 is 98.5. The van der Waals surface area contributed by atoms with Crippen LogP contribution in [0.25, 0.3) is 0 Å². The van der Waals surface area contributed by atoms with E-state index in [9.17, 15) is 136 Å². The molecular weight excluding hydrogens is 909 g/mol. The van der Waals surface area contributed by atoms with Gasteiger partial charge >= 0.3 is 42.0 Å². The number of hydrogen-bond acceptors (Lipinski definition) is 22. The number of nitrogens with zero attached hydrogens (tertiary/aromatic N) is 4. The topological polar surface area (TPSA) is 422 Å². The van der Waals surface area contributed by atoms with Gasteiger partial charge in [-0.2, -0.15) is 31.2 Å². The zero-order chi connectivity index (χ0) is 50.8. The largest absolute Gasteiger partial charge is 0.507 e. The van der Waals surface area contributed by atoms with E-state index in [1.54, 1.807) is 0 Å². The van der Waals surface area contributed by atoms with Gasteiger partial charge < -0.3 is 86.6 Å². The lowest BCUT2D eigenvalue weighted by atomic mass is 9.67. The summed E-state index contributed by atoms with van der Waals surface area (Å²) in [5.41, 5.74) is -12.5. The van der Waals surface area contributed by atoms with Crippen LogP contribution in [0.4, 0.5) is 35.5 Å². The number of phenols is 3. The van der Waals surface area contributed by atoms with Crippen LogP contribution in [-0.4, -0.2) is 197 Å². The van der Waals surface area contributed by atoms with E-state index < -0.39 is 168 Å². The minimum atomic E-state index is -6.13. The number of aromatic hydroxyl groups is 3. The quantitative estimate of drug-likeness (QED) is 0.0361. The second-order valence-electron chi connectivity index (χ2n) is 15.4. The third-order valence-corrected chi connectivity index (χ3v) is 10.9. The van der Waals surface area contributed by atoms with Crippen LogP contribution < -0.4 is 0 Å². The van der Waals surface area contributed by atoms with Crippen LogP contribution in [0.5, 0.6) is 17.2 Å². The molecule has 0 aromatic heterocycles. The fourth-order valence-electron chi connectivity index (χ4n) is 7.73. The highest BCUT2D eigenvalue weighted by Crippen LogP contribution is 2.57. The first-order valence-corrected chi connectivity index (χ1v) is 17.5. The molecule has 3 amide bonds. The van der Waals surface area contributed by atoms with E-state index in [1.807, 2.05) is 0 Å². The molecule has 32 heteroatoms. The van der Waals surface area contributed by atoms with Gasteiger partial charge in [0.05, 0.1) is 17.5 Å². The van der Waals surface area contributed by atoms with Crippen LogP contribution in [0.1, 0.15) is 57.4 Å². The molecule has 0 saturated carbocycles. The number of benzene rings is 1. The second-order valence-corrected chi connectivity index (χ2v) is 15.4. The fourth-order valence-corrected chi connectivity index (χ4v) is 7.73. The number of carbonyl (C=O) groups is 5. The maximum Gasteiger partial charge on any atom is 0.423 e. The zero-order valence-corrected chi connectivity index (χ0v) is 33.2. The molecule has 0 aliphatic carbocycles. The minimum absolute atomic E-state index is 0.158. The van der Waals surface area contributed by atoms with Crippen molar-refractivity contribution in [2.24, 2.45) is 11.8 Å². The number of Topliss-reactive ketones (excluding diaryl/α,β-unsaturated/α-hetero) is 2. The number of rotatable bonds is 9. The number of halogens is 7. The van der Waals surface area contributed by atoms with Crippen LogP contribution >= 0.6 is 0 Å². The van der Waals surface area contributed by atoms with Crippen molar-refractivity contribution in [1.82, 2.24) is 19.6 Å². The lowest BCUT2D eigenvalue weighted by molar-refractivity contribution is -0.617. The Bertz CT molecular complexity index is 2020. The summed E-state index contributed by atoms with van der Waals surface area (Å²) in [5, 5.41) is 178. The van der Waals surface area contributed by atoms with Gasteiger partial charge in [0.2, 0.25) is 29.4 Å². The summed E-state index contributed by atoms with van der Waals surface area (Å²) in [6.45, 7) is 1.76. The van der Waals surface area contributed by atoms with Crippen LogP contribution in [0.15, 0.2) is 0 Å². The SMILES string of the molecule is CC(=O)N1C(O)(O)C(O)(O)N(C2C(O)(O)C(C(C(=O)C(=O)C(F)C=O)C(C)C)N(C(=O)N(C)C(C)c3c(O)c(C(F)(F)F)c(O)c(C(F)(F)F)c3O)C(O)(O)C2(C)O)C(O)(O)C1(O)O. The smallest absolute Gasteiger partial charge is 0.423 e. The summed E-state index contributed by atoms with van der Waals surface area (Å²) in [6, 6.07) is -13.4. The van der Waals surface area contributed by atoms with E-state index >= 15 is 0 Å². The van der Waals surface area contributed by atoms with Crippen LogP contribution in [0.2, 0.25) is 0 Å². The molecule has 1 aromatic rings. The van der Waals surface area contributed by atoms with Crippen LogP contribution in [-0.2, 0) is 31.5 Å². The predicted molar refractivity (Wildman–Crippen MR) is 180 cm³/mol. The number of piperidine rings is 1. The molecule has 3 rings (SSSR count). The summed E-state index contributed by atoms with van der Waals surface area (Å²) in [7, 11) is 0.225. The molecule has 2 aliphatic heterocycles. The van der Waals surface area contributed by atoms with E-state index in [1.165, 1.54) is 0 Å². The van der Waals surface area contributed by atoms with E-state index in [0.717, 1.165) is 13.8 Å². The van der Waals surface area contributed by atoms with Gasteiger partial charge in [-0.3, -0.25) is 24.1 Å². The Morgan fingerprint density at radius 2 is 1.08 bits per heavy atom. The monoisotopic (exact) mass is 950 g/mol. The maximum absolute atomic E-state index is 14.5. The van der Waals surface area contributed by atoms with Gasteiger partial charge in [-0.25, -0.2) is 14.1 Å². The molecule has 6 unspecified atom stereocenters. The fraction of sp³-hybridized carbons (Fsp3) is 0.656. The Morgan fingerprint density at radius 1 is 0.688 bits per heavy atom. The van der Waals surface area contributed by atoms with Gasteiger partial charge in [0.1, 0.15) is 40.5 Å². The van der Waals surface area contributed by atoms with Crippen molar-refractivity contribution in [3.05, 3.63) is 16.7 Å². The second kappa shape index (κ2) is 15.7. The molecule has 364 valence electrons. The first-order chi connectivity index (χ1) is 28.3. The Morgan fingerprint density at radius 3 is 1.41 bits per heavy atom. The van der Waals surface area contributed by atoms with E-state index in [2.05, 4.69) is 0 Å². The lowest BCUT2D eigenvalue weighted by Crippen LogP contribution is -2.97. The molecule has 2 aliphatic rings. The molecule has 0 bridgehead atoms. The number of alkyl halides is 7. The molecule has 0 radical (unpaired) electrons. The predicted octanol–water partition coefficient (Wildman–Crippen LogP) is -5.26. The Hall–Kier alpha value is -4.68. The number of hydrogen-bond donors (Lipinski definition) is 16. The molecule has 2 saturated heterocycles. The normalized spacial score (nSPS) is 26.5. The van der Waals surface area contributed by atoms with Crippen molar-refractivity contribution in [2.75, 3.05) is 7.05 Å². The number of phenolic OH excluding ortho intramolecular Hbond substituents is 3. The van der Waals surface area contributed by atoms with E-state index in [-0.39, 0.29) is 25.8 Å². The van der Waals surface area contributed by atoms with Crippen LogP contribution in [0.3, 0.4) is 0 Å². The summed E-state index contributed by atoms with van der Waals surface area (Å²) in [6.07, 6.45) is -16.6. The molecule has 0 spiro atoms. The molecular formula is C32H41F7N4O21. The molecule has 25 nitrogen and oxygen atoms in total. The molecule has 64 heavy (non-hydrogen) atoms. The van der Waals surface area contributed by atoms with Crippen molar-refractivity contribution in [1.29, 1.82) is 0 Å². The first kappa shape index (κ1) is 53.7. The van der Waals surface area contributed by atoms with Gasteiger partial charge in [-0.1, -0.05) is 13.8 Å². The number of ketones is 2. The van der Waals surface area contributed by atoms with Crippen molar-refractivity contribution in [3.8, 4) is 17.2 Å². The number of piperazine rings is 1. The van der Waals surface area contributed by atoms with E-state index in [4.69, 9.17) is 0 Å². The zero-order valence-electron chi connectivity index (χ0n) is 33.2. The third kappa shape index (κ3) is 7.44. The minimum Gasteiger partial charge on any atom is -0.507 e. The van der Waals surface area contributed by atoms with Gasteiger partial charge in [-0.15, -0.1) is 0 Å². The Kier molecular flexibility index (Phi) is 13.2. The number of urea groups is 1. The molecule has 2 heterocycles. The number of aldehydes is 1. The Balaban J connectivity index is 2.60. The summed E-state index contributed by atoms with van der Waals surface area (Å²) in [5.74, 6) is -51.1. The van der Waals surface area contributed by atoms with Gasteiger partial charge in [-0.05, 0) is 19.8 Å². The highest BCUT2D eigenvalue weighted by molar-refractivity contribution is 6.42. The Labute approximate surface area is 351 Å². The highest BCUT2D eigenvalue weighted by atomic mass is 19.4. The lowest BCUT2D eigenvalue weighted by Gasteiger charge is -2.68. The molecule has 16 N–H and O–H groups in total.